The number of nitrogens with one attached hydrogen (secondary N) is 1. The van der Waals surface area contributed by atoms with Gasteiger partial charge >= 0.3 is 0 Å². The smallest absolute Gasteiger partial charge is 0.230 e. The van der Waals surface area contributed by atoms with E-state index in [2.05, 4.69) is 41.4 Å². The first-order chi connectivity index (χ1) is 11.8. The van der Waals surface area contributed by atoms with Crippen molar-refractivity contribution in [3.63, 3.8) is 0 Å². The lowest BCUT2D eigenvalue weighted by Crippen LogP contribution is -2.35. The fraction of sp³-hybridized carbons (Fsp3) is 0.611. The molecule has 25 heavy (non-hydrogen) atoms. The first-order valence-electron chi connectivity index (χ1n) is 8.64. The number of hydrogen-bond donors (Lipinski definition) is 1. The van der Waals surface area contributed by atoms with Crippen molar-refractivity contribution in [3.05, 3.63) is 35.4 Å². The fourth-order valence-electron chi connectivity index (χ4n) is 2.92. The third-order valence-corrected chi connectivity index (χ3v) is 7.81. The van der Waals surface area contributed by atoms with Crippen molar-refractivity contribution in [2.45, 2.75) is 31.1 Å². The largest absolute Gasteiger partial charge is 0.353 e. The summed E-state index contributed by atoms with van der Waals surface area (Å²) >= 11 is 1.45. The molecule has 1 N–H and O–H groups in total. The molecule has 140 valence electrons. The first-order valence-corrected chi connectivity index (χ1v) is 11.5. The van der Waals surface area contributed by atoms with E-state index in [0.29, 0.717) is 18.7 Å². The van der Waals surface area contributed by atoms with E-state index in [1.54, 1.807) is 0 Å². The molecule has 1 amide bonds. The molecule has 1 saturated heterocycles. The molecule has 0 aliphatic carbocycles. The number of thioether (sulfide) groups is 1. The lowest BCUT2D eigenvalue weighted by atomic mass is 10.0. The SMILES string of the molecule is CCc1ccc(C(CNC(=O)CSC2CCS(=O)(=O)C2)N(C)C)cc1. The van der Waals surface area contributed by atoms with Gasteiger partial charge in [0.05, 0.1) is 23.3 Å². The molecule has 1 aromatic rings. The van der Waals surface area contributed by atoms with Crippen LogP contribution < -0.4 is 5.32 Å². The number of aryl methyl sites for hydroxylation is 1. The second-order valence-electron chi connectivity index (χ2n) is 6.71. The van der Waals surface area contributed by atoms with Crippen molar-refractivity contribution < 1.29 is 13.2 Å². The molecule has 1 heterocycles. The van der Waals surface area contributed by atoms with Crippen molar-refractivity contribution in [3.8, 4) is 0 Å². The maximum Gasteiger partial charge on any atom is 0.230 e. The van der Waals surface area contributed by atoms with E-state index in [-0.39, 0.29) is 28.7 Å². The normalized spacial score (nSPS) is 20.6. The number of likely N-dealkylation sites (N-methyl/N-ethyl adjacent to an activating group) is 1. The van der Waals surface area contributed by atoms with Crippen LogP contribution in [0, 0.1) is 0 Å². The van der Waals surface area contributed by atoms with Gasteiger partial charge in [0, 0.05) is 11.8 Å². The van der Waals surface area contributed by atoms with Crippen LogP contribution in [0.4, 0.5) is 0 Å². The average Bonchev–Trinajstić information content (AvgIpc) is 2.92. The highest BCUT2D eigenvalue weighted by Crippen LogP contribution is 2.24. The molecule has 1 aliphatic heterocycles. The minimum absolute atomic E-state index is 0.0358. The third kappa shape index (κ3) is 6.31. The number of benzene rings is 1. The topological polar surface area (TPSA) is 66.5 Å². The van der Waals surface area contributed by atoms with Gasteiger partial charge in [-0.05, 0) is 38.1 Å². The summed E-state index contributed by atoms with van der Waals surface area (Å²) in [5, 5.41) is 3.04. The molecule has 2 rings (SSSR count). The summed E-state index contributed by atoms with van der Waals surface area (Å²) in [6.45, 7) is 2.67. The quantitative estimate of drug-likeness (QED) is 0.741. The van der Waals surface area contributed by atoms with Crippen LogP contribution in [0.2, 0.25) is 0 Å². The monoisotopic (exact) mass is 384 g/mol. The van der Waals surface area contributed by atoms with Gasteiger partial charge in [-0.3, -0.25) is 4.79 Å². The molecule has 0 aromatic heterocycles. The molecule has 0 spiro atoms. The Labute approximate surface area is 155 Å². The number of amides is 1. The fourth-order valence-corrected chi connectivity index (χ4v) is 6.39. The minimum atomic E-state index is -2.88. The Bertz CT molecular complexity index is 672. The molecule has 5 nitrogen and oxygen atoms in total. The van der Waals surface area contributed by atoms with Gasteiger partial charge in [-0.2, -0.15) is 0 Å². The highest BCUT2D eigenvalue weighted by Gasteiger charge is 2.28. The summed E-state index contributed by atoms with van der Waals surface area (Å²) in [7, 11) is 1.12. The average molecular weight is 385 g/mol. The van der Waals surface area contributed by atoms with Gasteiger partial charge in [0.15, 0.2) is 9.84 Å². The molecule has 0 saturated carbocycles. The molecule has 1 aliphatic rings. The molecule has 0 radical (unpaired) electrons. The summed E-state index contributed by atoms with van der Waals surface area (Å²) in [4.78, 5) is 14.2. The summed E-state index contributed by atoms with van der Waals surface area (Å²) in [6.07, 6.45) is 1.67. The Morgan fingerprint density at radius 2 is 2.00 bits per heavy atom. The van der Waals surface area contributed by atoms with Crippen LogP contribution in [-0.2, 0) is 21.1 Å². The van der Waals surface area contributed by atoms with Crippen molar-refractivity contribution >= 4 is 27.5 Å². The highest BCUT2D eigenvalue weighted by atomic mass is 32.2. The standard InChI is InChI=1S/C18H28N2O3S2/c1-4-14-5-7-15(8-6-14)17(20(2)3)11-19-18(21)12-24-16-9-10-25(22,23)13-16/h5-8,16-17H,4,9-13H2,1-3H3,(H,19,21). The van der Waals surface area contributed by atoms with Crippen molar-refractivity contribution in [2.75, 3.05) is 37.9 Å². The predicted octanol–water partition coefficient (Wildman–Crippen LogP) is 1.89. The van der Waals surface area contributed by atoms with Gasteiger partial charge in [-0.1, -0.05) is 31.2 Å². The number of hydrogen-bond acceptors (Lipinski definition) is 5. The molecule has 0 bridgehead atoms. The van der Waals surface area contributed by atoms with Gasteiger partial charge in [-0.15, -0.1) is 11.8 Å². The lowest BCUT2D eigenvalue weighted by Gasteiger charge is -2.25. The Hall–Kier alpha value is -1.05. The van der Waals surface area contributed by atoms with E-state index in [0.717, 1.165) is 6.42 Å². The Balaban J connectivity index is 1.82. The van der Waals surface area contributed by atoms with Crippen LogP contribution >= 0.6 is 11.8 Å². The van der Waals surface area contributed by atoms with Crippen LogP contribution in [0.3, 0.4) is 0 Å². The zero-order valence-electron chi connectivity index (χ0n) is 15.2. The molecule has 2 unspecified atom stereocenters. The van der Waals surface area contributed by atoms with E-state index in [9.17, 15) is 13.2 Å². The number of nitrogens with zero attached hydrogens (tertiary/aromatic N) is 1. The lowest BCUT2D eigenvalue weighted by molar-refractivity contribution is -0.118. The number of carbonyl (C=O) groups is 1. The molecular weight excluding hydrogens is 356 g/mol. The maximum absolute atomic E-state index is 12.1. The highest BCUT2D eigenvalue weighted by molar-refractivity contribution is 8.02. The van der Waals surface area contributed by atoms with Crippen LogP contribution in [-0.4, -0.2) is 62.4 Å². The second kappa shape index (κ2) is 9.05. The van der Waals surface area contributed by atoms with Crippen LogP contribution in [0.15, 0.2) is 24.3 Å². The number of rotatable bonds is 8. The maximum atomic E-state index is 12.1. The number of carbonyl (C=O) groups excluding carboxylic acids is 1. The van der Waals surface area contributed by atoms with Crippen molar-refractivity contribution in [1.29, 1.82) is 0 Å². The van der Waals surface area contributed by atoms with Gasteiger partial charge < -0.3 is 10.2 Å². The zero-order chi connectivity index (χ0) is 18.4. The van der Waals surface area contributed by atoms with Crippen molar-refractivity contribution in [1.82, 2.24) is 10.2 Å². The van der Waals surface area contributed by atoms with Crippen LogP contribution in [0.25, 0.3) is 0 Å². The molecule has 2 atom stereocenters. The van der Waals surface area contributed by atoms with Crippen molar-refractivity contribution in [2.24, 2.45) is 0 Å². The predicted molar refractivity (Wildman–Crippen MR) is 105 cm³/mol. The van der Waals surface area contributed by atoms with Gasteiger partial charge in [-0.25, -0.2) is 8.42 Å². The summed E-state index contributed by atoms with van der Waals surface area (Å²) in [6, 6.07) is 8.61. The second-order valence-corrected chi connectivity index (χ2v) is 10.2. The Morgan fingerprint density at radius 1 is 1.32 bits per heavy atom. The molecular formula is C18H28N2O3S2. The van der Waals surface area contributed by atoms with Gasteiger partial charge in [0.2, 0.25) is 5.91 Å². The van der Waals surface area contributed by atoms with E-state index in [4.69, 9.17) is 0 Å². The zero-order valence-corrected chi connectivity index (χ0v) is 16.8. The minimum Gasteiger partial charge on any atom is -0.353 e. The molecule has 7 heteroatoms. The van der Waals surface area contributed by atoms with E-state index in [1.165, 1.54) is 22.9 Å². The van der Waals surface area contributed by atoms with E-state index < -0.39 is 9.84 Å². The molecule has 1 fully saturated rings. The van der Waals surface area contributed by atoms with Gasteiger partial charge in [0.1, 0.15) is 0 Å². The first kappa shape index (κ1) is 20.3. The summed E-state index contributed by atoms with van der Waals surface area (Å²) in [5.41, 5.74) is 2.48. The summed E-state index contributed by atoms with van der Waals surface area (Å²) < 4.78 is 22.9. The van der Waals surface area contributed by atoms with Crippen LogP contribution in [0.5, 0.6) is 0 Å². The van der Waals surface area contributed by atoms with Gasteiger partial charge in [0.25, 0.3) is 0 Å². The molecule has 1 aromatic carbocycles. The van der Waals surface area contributed by atoms with Crippen LogP contribution in [0.1, 0.15) is 30.5 Å². The Morgan fingerprint density at radius 3 is 2.52 bits per heavy atom. The summed E-state index contributed by atoms with van der Waals surface area (Å²) in [5.74, 6) is 0.735. The van der Waals surface area contributed by atoms with E-state index in [1.807, 2.05) is 14.1 Å². The number of sulfone groups is 1. The van der Waals surface area contributed by atoms with E-state index >= 15 is 0 Å². The third-order valence-electron chi connectivity index (χ3n) is 4.53. The Kier molecular flexibility index (Phi) is 7.34.